The maximum atomic E-state index is 12.1. The lowest BCUT2D eigenvalue weighted by molar-refractivity contribution is 0.0918. The van der Waals surface area contributed by atoms with Gasteiger partial charge in [-0.25, -0.2) is 0 Å². The quantitative estimate of drug-likeness (QED) is 0.752. The largest absolute Gasteiger partial charge is 0.386 e. The number of hydrogen-bond acceptors (Lipinski definition) is 5. The SMILES string of the molecule is O=C(NCC(O)c1cccs1)c1ccc(-n2cnnc2)cc1. The van der Waals surface area contributed by atoms with Crippen LogP contribution in [0, 0.1) is 0 Å². The summed E-state index contributed by atoms with van der Waals surface area (Å²) in [4.78, 5) is 12.9. The van der Waals surface area contributed by atoms with Crippen LogP contribution in [0.3, 0.4) is 0 Å². The molecule has 7 heteroatoms. The van der Waals surface area contributed by atoms with Crippen molar-refractivity contribution in [1.82, 2.24) is 20.1 Å². The van der Waals surface area contributed by atoms with Crippen molar-refractivity contribution in [2.24, 2.45) is 0 Å². The van der Waals surface area contributed by atoms with Gasteiger partial charge in [0.05, 0.1) is 0 Å². The standard InChI is InChI=1S/C15H14N4O2S/c20-13(14-2-1-7-22-14)8-16-15(21)11-3-5-12(6-4-11)19-9-17-18-10-19/h1-7,9-10,13,20H,8H2,(H,16,21). The van der Waals surface area contributed by atoms with Crippen LogP contribution in [0.5, 0.6) is 0 Å². The van der Waals surface area contributed by atoms with Crippen LogP contribution in [0.4, 0.5) is 0 Å². The summed E-state index contributed by atoms with van der Waals surface area (Å²) in [6.07, 6.45) is 2.50. The van der Waals surface area contributed by atoms with E-state index in [0.717, 1.165) is 10.6 Å². The number of amides is 1. The summed E-state index contributed by atoms with van der Waals surface area (Å²) < 4.78 is 1.75. The van der Waals surface area contributed by atoms with Crippen LogP contribution in [-0.2, 0) is 0 Å². The summed E-state index contributed by atoms with van der Waals surface area (Å²) in [5.41, 5.74) is 1.41. The zero-order valence-corrected chi connectivity index (χ0v) is 12.4. The second kappa shape index (κ2) is 6.50. The number of hydrogen-bond donors (Lipinski definition) is 2. The van der Waals surface area contributed by atoms with E-state index in [1.54, 1.807) is 29.4 Å². The first kappa shape index (κ1) is 14.4. The minimum absolute atomic E-state index is 0.187. The molecule has 112 valence electrons. The number of nitrogens with one attached hydrogen (secondary N) is 1. The highest BCUT2D eigenvalue weighted by Gasteiger charge is 2.11. The number of nitrogens with zero attached hydrogens (tertiary/aromatic N) is 3. The van der Waals surface area contributed by atoms with E-state index in [2.05, 4.69) is 15.5 Å². The zero-order valence-electron chi connectivity index (χ0n) is 11.6. The van der Waals surface area contributed by atoms with Gasteiger partial charge in [-0.1, -0.05) is 6.07 Å². The fourth-order valence-corrected chi connectivity index (χ4v) is 2.70. The molecule has 0 aliphatic heterocycles. The van der Waals surface area contributed by atoms with E-state index in [0.29, 0.717) is 5.56 Å². The smallest absolute Gasteiger partial charge is 0.251 e. The van der Waals surface area contributed by atoms with Crippen LogP contribution < -0.4 is 5.32 Å². The van der Waals surface area contributed by atoms with Gasteiger partial charge in [0.25, 0.3) is 5.91 Å². The molecule has 3 aromatic rings. The van der Waals surface area contributed by atoms with Crippen molar-refractivity contribution < 1.29 is 9.90 Å². The zero-order chi connectivity index (χ0) is 15.4. The van der Waals surface area contributed by atoms with Crippen LogP contribution in [0.1, 0.15) is 21.3 Å². The van der Waals surface area contributed by atoms with E-state index in [1.165, 1.54) is 11.3 Å². The van der Waals surface area contributed by atoms with Gasteiger partial charge in [0.2, 0.25) is 0 Å². The minimum atomic E-state index is -0.680. The lowest BCUT2D eigenvalue weighted by Gasteiger charge is -2.10. The molecule has 1 amide bonds. The molecule has 0 fully saturated rings. The van der Waals surface area contributed by atoms with Crippen LogP contribution in [0.2, 0.25) is 0 Å². The Morgan fingerprint density at radius 2 is 1.95 bits per heavy atom. The Morgan fingerprint density at radius 3 is 2.59 bits per heavy atom. The molecular weight excluding hydrogens is 300 g/mol. The number of rotatable bonds is 5. The number of aliphatic hydroxyl groups is 1. The number of carbonyl (C=O) groups is 1. The average molecular weight is 314 g/mol. The van der Waals surface area contributed by atoms with E-state index >= 15 is 0 Å². The fourth-order valence-electron chi connectivity index (χ4n) is 1.99. The number of carbonyl (C=O) groups excluding carboxylic acids is 1. The Labute approximate surface area is 131 Å². The predicted octanol–water partition coefficient (Wildman–Crippen LogP) is 1.79. The molecule has 3 rings (SSSR count). The molecule has 0 bridgehead atoms. The molecule has 6 nitrogen and oxygen atoms in total. The van der Waals surface area contributed by atoms with Gasteiger partial charge in [-0.2, -0.15) is 0 Å². The maximum Gasteiger partial charge on any atom is 0.251 e. The third kappa shape index (κ3) is 3.21. The van der Waals surface area contributed by atoms with Crippen molar-refractivity contribution in [2.45, 2.75) is 6.10 Å². The Bertz CT molecular complexity index is 724. The topological polar surface area (TPSA) is 80.0 Å². The monoisotopic (exact) mass is 314 g/mol. The van der Waals surface area contributed by atoms with E-state index < -0.39 is 6.10 Å². The molecule has 0 spiro atoms. The average Bonchev–Trinajstić information content (AvgIpc) is 3.25. The van der Waals surface area contributed by atoms with Crippen molar-refractivity contribution in [3.05, 3.63) is 64.9 Å². The van der Waals surface area contributed by atoms with Crippen molar-refractivity contribution in [3.63, 3.8) is 0 Å². The van der Waals surface area contributed by atoms with Crippen molar-refractivity contribution >= 4 is 17.2 Å². The summed E-state index contributed by atoms with van der Waals surface area (Å²) in [7, 11) is 0. The molecule has 0 radical (unpaired) electrons. The molecule has 0 aliphatic rings. The number of benzene rings is 1. The lowest BCUT2D eigenvalue weighted by atomic mass is 10.2. The molecule has 1 unspecified atom stereocenters. The van der Waals surface area contributed by atoms with E-state index in [-0.39, 0.29) is 12.5 Å². The van der Waals surface area contributed by atoms with Crippen molar-refractivity contribution in [1.29, 1.82) is 0 Å². The first-order valence-electron chi connectivity index (χ1n) is 6.69. The Balaban J connectivity index is 1.60. The van der Waals surface area contributed by atoms with Gasteiger partial charge in [0.1, 0.15) is 18.8 Å². The van der Waals surface area contributed by atoms with Gasteiger partial charge in [-0.3, -0.25) is 9.36 Å². The number of aliphatic hydroxyl groups excluding tert-OH is 1. The van der Waals surface area contributed by atoms with Gasteiger partial charge in [0, 0.05) is 22.7 Å². The Morgan fingerprint density at radius 1 is 1.23 bits per heavy atom. The second-order valence-electron chi connectivity index (χ2n) is 4.66. The molecule has 1 atom stereocenters. The molecule has 22 heavy (non-hydrogen) atoms. The first-order valence-corrected chi connectivity index (χ1v) is 7.57. The summed E-state index contributed by atoms with van der Waals surface area (Å²) in [5, 5.41) is 22.0. The van der Waals surface area contributed by atoms with Gasteiger partial charge in [0.15, 0.2) is 0 Å². The highest BCUT2D eigenvalue weighted by atomic mass is 32.1. The van der Waals surface area contributed by atoms with Crippen molar-refractivity contribution in [2.75, 3.05) is 6.54 Å². The summed E-state index contributed by atoms with van der Waals surface area (Å²) in [6, 6.07) is 10.8. The van der Waals surface area contributed by atoms with Gasteiger partial charge in [-0.05, 0) is 35.7 Å². The van der Waals surface area contributed by atoms with Crippen LogP contribution in [0.15, 0.2) is 54.4 Å². The summed E-state index contributed by atoms with van der Waals surface area (Å²) >= 11 is 1.46. The van der Waals surface area contributed by atoms with Gasteiger partial charge < -0.3 is 10.4 Å². The van der Waals surface area contributed by atoms with Crippen LogP contribution in [-0.4, -0.2) is 32.3 Å². The normalized spacial score (nSPS) is 12.0. The molecule has 1 aromatic carbocycles. The third-order valence-corrected chi connectivity index (χ3v) is 4.15. The van der Waals surface area contributed by atoms with Crippen molar-refractivity contribution in [3.8, 4) is 5.69 Å². The number of thiophene rings is 1. The highest BCUT2D eigenvalue weighted by Crippen LogP contribution is 2.18. The summed E-state index contributed by atoms with van der Waals surface area (Å²) in [5.74, 6) is -0.217. The minimum Gasteiger partial charge on any atom is -0.386 e. The predicted molar refractivity (Wildman–Crippen MR) is 83.0 cm³/mol. The van der Waals surface area contributed by atoms with Gasteiger partial charge >= 0.3 is 0 Å². The van der Waals surface area contributed by atoms with Gasteiger partial charge in [-0.15, -0.1) is 21.5 Å². The lowest BCUT2D eigenvalue weighted by Crippen LogP contribution is -2.28. The summed E-state index contributed by atoms with van der Waals surface area (Å²) in [6.45, 7) is 0.187. The number of aromatic nitrogens is 3. The molecule has 0 saturated carbocycles. The second-order valence-corrected chi connectivity index (χ2v) is 5.64. The highest BCUT2D eigenvalue weighted by molar-refractivity contribution is 7.10. The Kier molecular flexibility index (Phi) is 4.27. The van der Waals surface area contributed by atoms with Crippen LogP contribution in [0.25, 0.3) is 5.69 Å². The third-order valence-electron chi connectivity index (χ3n) is 3.17. The molecular formula is C15H14N4O2S. The van der Waals surface area contributed by atoms with E-state index in [1.807, 2.05) is 29.6 Å². The maximum absolute atomic E-state index is 12.1. The molecule has 2 N–H and O–H groups in total. The fraction of sp³-hybridized carbons (Fsp3) is 0.133. The van der Waals surface area contributed by atoms with E-state index in [4.69, 9.17) is 0 Å². The Hall–Kier alpha value is -2.51. The molecule has 0 saturated heterocycles. The molecule has 2 aromatic heterocycles. The first-order chi connectivity index (χ1) is 10.7. The molecule has 2 heterocycles. The molecule has 0 aliphatic carbocycles. The van der Waals surface area contributed by atoms with E-state index in [9.17, 15) is 9.90 Å². The van der Waals surface area contributed by atoms with Crippen LogP contribution >= 0.6 is 11.3 Å².